The van der Waals surface area contributed by atoms with E-state index in [9.17, 15) is 13.6 Å². The molecule has 2 atom stereocenters. The van der Waals surface area contributed by atoms with Crippen LogP contribution >= 0.6 is 0 Å². The van der Waals surface area contributed by atoms with Gasteiger partial charge in [-0.3, -0.25) is 4.79 Å². The van der Waals surface area contributed by atoms with Crippen molar-refractivity contribution in [1.29, 1.82) is 0 Å². The number of halogens is 2. The van der Waals surface area contributed by atoms with Crippen molar-refractivity contribution in [3.05, 3.63) is 101 Å². The van der Waals surface area contributed by atoms with Gasteiger partial charge in [-0.1, -0.05) is 24.3 Å². The van der Waals surface area contributed by atoms with Crippen LogP contribution in [0.15, 0.2) is 71.7 Å². The third-order valence-corrected chi connectivity index (χ3v) is 5.34. The van der Waals surface area contributed by atoms with Crippen LogP contribution in [0.3, 0.4) is 0 Å². The van der Waals surface area contributed by atoms with Gasteiger partial charge in [0.2, 0.25) is 5.96 Å². The SMILES string of the molecule is COc1cccc(CN/C(=N/C(=O)c2ccc(F)c(C)c2)NC(N)CC(N)c2ccc(F)cc2)c1. The molecule has 1 amide bonds. The molecular weight excluding hydrogens is 452 g/mol. The Hall–Kier alpha value is -3.82. The normalized spacial score (nSPS) is 13.1. The fraction of sp³-hybridized carbons (Fsp3) is 0.231. The Morgan fingerprint density at radius 2 is 1.80 bits per heavy atom. The number of aryl methyl sites for hydroxylation is 1. The van der Waals surface area contributed by atoms with Gasteiger partial charge < -0.3 is 26.8 Å². The average Bonchev–Trinajstić information content (AvgIpc) is 2.84. The standard InChI is InChI=1S/C26H29F2N5O2/c1-16-12-19(8-11-22(16)28)25(34)33-26(31-15-17-4-3-5-21(13-17)35-2)32-24(30)14-23(29)18-6-9-20(27)10-7-18/h3-13,23-24H,14-15,29-30H2,1-2H3,(H2,31,32,33,34). The predicted octanol–water partition coefficient (Wildman–Crippen LogP) is 3.53. The van der Waals surface area contributed by atoms with Crippen LogP contribution in [-0.2, 0) is 6.54 Å². The van der Waals surface area contributed by atoms with Crippen molar-refractivity contribution < 1.29 is 18.3 Å². The van der Waals surface area contributed by atoms with Crippen molar-refractivity contribution in [2.75, 3.05) is 7.11 Å². The maximum Gasteiger partial charge on any atom is 0.280 e. The smallest absolute Gasteiger partial charge is 0.280 e. The van der Waals surface area contributed by atoms with Gasteiger partial charge in [-0.05, 0) is 72.5 Å². The van der Waals surface area contributed by atoms with Gasteiger partial charge in [0.1, 0.15) is 17.4 Å². The van der Waals surface area contributed by atoms with Crippen molar-refractivity contribution in [2.45, 2.75) is 32.1 Å². The highest BCUT2D eigenvalue weighted by Crippen LogP contribution is 2.16. The minimum atomic E-state index is -0.672. The Balaban J connectivity index is 1.76. The van der Waals surface area contributed by atoms with Crippen LogP contribution in [0.4, 0.5) is 8.78 Å². The lowest BCUT2D eigenvalue weighted by Gasteiger charge is -2.21. The molecule has 0 heterocycles. The molecule has 0 fully saturated rings. The van der Waals surface area contributed by atoms with Gasteiger partial charge in [0.15, 0.2) is 0 Å². The van der Waals surface area contributed by atoms with Crippen molar-refractivity contribution in [2.24, 2.45) is 16.5 Å². The summed E-state index contributed by atoms with van der Waals surface area (Å²) >= 11 is 0. The molecule has 0 saturated heterocycles. The summed E-state index contributed by atoms with van der Waals surface area (Å²) in [4.78, 5) is 16.9. The summed E-state index contributed by atoms with van der Waals surface area (Å²) in [6, 6.07) is 16.8. The number of methoxy groups -OCH3 is 1. The van der Waals surface area contributed by atoms with Crippen LogP contribution in [0.1, 0.15) is 39.5 Å². The van der Waals surface area contributed by atoms with Gasteiger partial charge >= 0.3 is 0 Å². The molecule has 0 saturated carbocycles. The van der Waals surface area contributed by atoms with Crippen LogP contribution in [0.25, 0.3) is 0 Å². The summed E-state index contributed by atoms with van der Waals surface area (Å²) in [7, 11) is 1.58. The van der Waals surface area contributed by atoms with Crippen molar-refractivity contribution in [1.82, 2.24) is 10.6 Å². The fourth-order valence-corrected chi connectivity index (χ4v) is 3.39. The zero-order valence-corrected chi connectivity index (χ0v) is 19.6. The number of ether oxygens (including phenoxy) is 1. The maximum absolute atomic E-state index is 13.6. The molecule has 35 heavy (non-hydrogen) atoms. The molecule has 3 aromatic carbocycles. The zero-order valence-electron chi connectivity index (χ0n) is 19.6. The Morgan fingerprint density at radius 3 is 2.49 bits per heavy atom. The molecule has 0 spiro atoms. The first-order valence-electron chi connectivity index (χ1n) is 11.0. The summed E-state index contributed by atoms with van der Waals surface area (Å²) in [6.07, 6.45) is -0.385. The average molecular weight is 482 g/mol. The Labute approximate surface area is 203 Å². The molecule has 9 heteroatoms. The topological polar surface area (TPSA) is 115 Å². The molecule has 2 unspecified atom stereocenters. The second-order valence-corrected chi connectivity index (χ2v) is 8.08. The van der Waals surface area contributed by atoms with Crippen LogP contribution < -0.4 is 26.8 Å². The van der Waals surface area contributed by atoms with Gasteiger partial charge in [-0.15, -0.1) is 0 Å². The predicted molar refractivity (Wildman–Crippen MR) is 132 cm³/mol. The summed E-state index contributed by atoms with van der Waals surface area (Å²) in [5.74, 6) is -0.496. The quantitative estimate of drug-likeness (QED) is 0.222. The third-order valence-electron chi connectivity index (χ3n) is 5.34. The van der Waals surface area contributed by atoms with Crippen molar-refractivity contribution in [3.8, 4) is 5.75 Å². The molecule has 0 radical (unpaired) electrons. The molecule has 3 aromatic rings. The van der Waals surface area contributed by atoms with E-state index < -0.39 is 23.9 Å². The highest BCUT2D eigenvalue weighted by Gasteiger charge is 2.15. The van der Waals surface area contributed by atoms with E-state index in [1.54, 1.807) is 26.2 Å². The number of hydrogen-bond donors (Lipinski definition) is 4. The molecule has 0 bridgehead atoms. The number of rotatable bonds is 8. The van der Waals surface area contributed by atoms with Gasteiger partial charge in [0.25, 0.3) is 5.91 Å². The number of guanidine groups is 1. The lowest BCUT2D eigenvalue weighted by Crippen LogP contribution is -2.49. The molecule has 7 nitrogen and oxygen atoms in total. The first-order valence-corrected chi connectivity index (χ1v) is 11.0. The Bertz CT molecular complexity index is 1180. The monoisotopic (exact) mass is 481 g/mol. The summed E-state index contributed by atoms with van der Waals surface area (Å²) < 4.78 is 32.1. The van der Waals surface area contributed by atoms with Crippen molar-refractivity contribution >= 4 is 11.9 Å². The molecule has 0 aliphatic rings. The van der Waals surface area contributed by atoms with E-state index in [0.717, 1.165) is 11.1 Å². The highest BCUT2D eigenvalue weighted by molar-refractivity contribution is 6.02. The minimum absolute atomic E-state index is 0.138. The molecule has 0 aliphatic carbocycles. The van der Waals surface area contributed by atoms with Crippen LogP contribution in [0, 0.1) is 18.6 Å². The third kappa shape index (κ3) is 7.59. The van der Waals surface area contributed by atoms with Crippen LogP contribution in [0.5, 0.6) is 5.75 Å². The number of aliphatic imine (C=N–C) groups is 1. The van der Waals surface area contributed by atoms with E-state index in [-0.39, 0.29) is 23.8 Å². The molecule has 6 N–H and O–H groups in total. The van der Waals surface area contributed by atoms with Crippen LogP contribution in [0.2, 0.25) is 0 Å². The zero-order chi connectivity index (χ0) is 25.4. The number of benzene rings is 3. The number of nitrogens with zero attached hydrogens (tertiary/aromatic N) is 1. The Morgan fingerprint density at radius 1 is 1.06 bits per heavy atom. The first-order chi connectivity index (χ1) is 16.7. The number of nitrogens with two attached hydrogens (primary N) is 2. The maximum atomic E-state index is 13.6. The van der Waals surface area contributed by atoms with E-state index in [2.05, 4.69) is 15.6 Å². The molecule has 184 valence electrons. The van der Waals surface area contributed by atoms with E-state index in [0.29, 0.717) is 17.9 Å². The largest absolute Gasteiger partial charge is 0.497 e. The molecule has 3 rings (SSSR count). The summed E-state index contributed by atoms with van der Waals surface area (Å²) in [5, 5.41) is 6.07. The fourth-order valence-electron chi connectivity index (χ4n) is 3.39. The Kier molecular flexibility index (Phi) is 8.88. The number of carbonyl (C=O) groups excluding carboxylic acids is 1. The lowest BCUT2D eigenvalue weighted by atomic mass is 10.0. The van der Waals surface area contributed by atoms with Gasteiger partial charge in [0, 0.05) is 18.2 Å². The second-order valence-electron chi connectivity index (χ2n) is 8.08. The number of carbonyl (C=O) groups is 1. The molecular formula is C26H29F2N5O2. The van der Waals surface area contributed by atoms with Gasteiger partial charge in [-0.25, -0.2) is 8.78 Å². The number of amides is 1. The van der Waals surface area contributed by atoms with E-state index in [1.807, 2.05) is 24.3 Å². The lowest BCUT2D eigenvalue weighted by molar-refractivity contribution is 0.100. The van der Waals surface area contributed by atoms with Gasteiger partial charge in [-0.2, -0.15) is 4.99 Å². The van der Waals surface area contributed by atoms with Crippen LogP contribution in [-0.4, -0.2) is 25.1 Å². The minimum Gasteiger partial charge on any atom is -0.497 e. The van der Waals surface area contributed by atoms with E-state index in [1.165, 1.54) is 30.3 Å². The summed E-state index contributed by atoms with van der Waals surface area (Å²) in [5.41, 5.74) is 14.7. The number of hydrogen-bond acceptors (Lipinski definition) is 4. The van der Waals surface area contributed by atoms with E-state index in [4.69, 9.17) is 16.2 Å². The second kappa shape index (κ2) is 12.0. The summed E-state index contributed by atoms with van der Waals surface area (Å²) in [6.45, 7) is 1.90. The molecule has 0 aromatic heterocycles. The van der Waals surface area contributed by atoms with E-state index >= 15 is 0 Å². The highest BCUT2D eigenvalue weighted by atomic mass is 19.1. The molecule has 0 aliphatic heterocycles. The first kappa shape index (κ1) is 25.8. The van der Waals surface area contributed by atoms with Crippen molar-refractivity contribution in [3.63, 3.8) is 0 Å². The number of nitrogens with one attached hydrogen (secondary N) is 2. The van der Waals surface area contributed by atoms with Gasteiger partial charge in [0.05, 0.1) is 13.3 Å².